The molecule has 0 fully saturated rings. The molecule has 0 bridgehead atoms. The van der Waals surface area contributed by atoms with Crippen LogP contribution >= 0.6 is 0 Å². The molecule has 0 saturated heterocycles. The predicted octanol–water partition coefficient (Wildman–Crippen LogP) is 4.29. The molecule has 0 aromatic heterocycles. The summed E-state index contributed by atoms with van der Waals surface area (Å²) in [5, 5.41) is 2.47. The van der Waals surface area contributed by atoms with Gasteiger partial charge in [0.05, 0.1) is 6.54 Å². The van der Waals surface area contributed by atoms with Crippen molar-refractivity contribution in [3.63, 3.8) is 0 Å². The molecular weight excluding hydrogens is 386 g/mol. The van der Waals surface area contributed by atoms with Crippen LogP contribution in [0, 0.1) is 0 Å². The van der Waals surface area contributed by atoms with E-state index in [0.717, 1.165) is 12.2 Å². The molecule has 0 heterocycles. The van der Waals surface area contributed by atoms with E-state index in [9.17, 15) is 14.4 Å². The molecule has 0 aliphatic heterocycles. The van der Waals surface area contributed by atoms with Crippen molar-refractivity contribution in [2.45, 2.75) is 26.4 Å². The van der Waals surface area contributed by atoms with Crippen molar-refractivity contribution < 1.29 is 28.6 Å². The number of allylic oxidation sites excluding steroid dienone is 1. The summed E-state index contributed by atoms with van der Waals surface area (Å²) in [6.45, 7) is 5.31. The smallest absolute Gasteiger partial charge is 0.407 e. The topological polar surface area (TPSA) is 90.9 Å². The zero-order valence-corrected chi connectivity index (χ0v) is 17.2. The summed E-state index contributed by atoms with van der Waals surface area (Å²) in [7, 11) is 0. The maximum Gasteiger partial charge on any atom is 0.407 e. The summed E-state index contributed by atoms with van der Waals surface area (Å²) in [6, 6.07) is 15.9. The number of rotatable bonds is 8. The third kappa shape index (κ3) is 8.60. The number of para-hydroxylation sites is 1. The van der Waals surface area contributed by atoms with Crippen LogP contribution in [0.4, 0.5) is 4.79 Å². The van der Waals surface area contributed by atoms with Gasteiger partial charge in [0.2, 0.25) is 0 Å². The number of ketones is 1. The Bertz CT molecular complexity index is 882. The van der Waals surface area contributed by atoms with Crippen molar-refractivity contribution in [2.24, 2.45) is 0 Å². The van der Waals surface area contributed by atoms with Crippen molar-refractivity contribution >= 4 is 17.8 Å². The van der Waals surface area contributed by atoms with E-state index < -0.39 is 17.7 Å². The first-order valence-electron chi connectivity index (χ1n) is 9.42. The molecule has 7 nitrogen and oxygen atoms in total. The lowest BCUT2D eigenvalue weighted by molar-refractivity contribution is -0.137. The van der Waals surface area contributed by atoms with Crippen LogP contribution in [0.1, 0.15) is 31.1 Å². The number of carbonyl (C=O) groups excluding carboxylic acids is 3. The van der Waals surface area contributed by atoms with Crippen LogP contribution in [0.3, 0.4) is 0 Å². The third-order valence-electron chi connectivity index (χ3n) is 3.50. The lowest BCUT2D eigenvalue weighted by Crippen LogP contribution is -2.34. The predicted molar refractivity (Wildman–Crippen MR) is 112 cm³/mol. The van der Waals surface area contributed by atoms with E-state index in [1.54, 1.807) is 45.0 Å². The van der Waals surface area contributed by atoms with E-state index in [0.29, 0.717) is 17.1 Å². The number of amides is 1. The van der Waals surface area contributed by atoms with Crippen LogP contribution in [0.25, 0.3) is 0 Å². The van der Waals surface area contributed by atoms with Crippen LogP contribution in [0.15, 0.2) is 66.7 Å². The summed E-state index contributed by atoms with van der Waals surface area (Å²) in [6.07, 6.45) is 1.59. The minimum absolute atomic E-state index is 0.0396. The van der Waals surface area contributed by atoms with Crippen LogP contribution in [-0.4, -0.2) is 36.6 Å². The van der Waals surface area contributed by atoms with Gasteiger partial charge in [0.25, 0.3) is 0 Å². The molecule has 2 aromatic rings. The average Bonchev–Trinajstić information content (AvgIpc) is 2.69. The standard InChI is InChI=1S/C23H25NO6/c1-23(2,3)30-22(27)24-15-16-28-21(26)14-13-20(25)17-9-11-19(12-10-17)29-18-7-5-4-6-8-18/h4-14H,15-16H2,1-3H3,(H,24,27)/b14-13+. The van der Waals surface area contributed by atoms with E-state index >= 15 is 0 Å². The minimum atomic E-state index is -0.682. The second kappa shape index (κ2) is 10.8. The van der Waals surface area contributed by atoms with Crippen LogP contribution < -0.4 is 10.1 Å². The molecule has 1 amide bonds. The highest BCUT2D eigenvalue weighted by atomic mass is 16.6. The maximum atomic E-state index is 12.2. The normalized spacial score (nSPS) is 11.0. The highest BCUT2D eigenvalue weighted by Crippen LogP contribution is 2.21. The van der Waals surface area contributed by atoms with Gasteiger partial charge in [-0.3, -0.25) is 4.79 Å². The molecule has 0 unspecified atom stereocenters. The number of alkyl carbamates (subject to hydrolysis) is 1. The average molecular weight is 411 g/mol. The summed E-state index contributed by atoms with van der Waals surface area (Å²) in [5.41, 5.74) is -0.193. The molecule has 0 atom stereocenters. The molecule has 2 rings (SSSR count). The first kappa shape index (κ1) is 22.7. The Hall–Kier alpha value is -3.61. The quantitative estimate of drug-likeness (QED) is 0.302. The van der Waals surface area contributed by atoms with Gasteiger partial charge < -0.3 is 19.5 Å². The van der Waals surface area contributed by atoms with Gasteiger partial charge in [-0.05, 0) is 63.2 Å². The fourth-order valence-electron chi connectivity index (χ4n) is 2.22. The number of carbonyl (C=O) groups is 3. The number of nitrogens with one attached hydrogen (secondary N) is 1. The Balaban J connectivity index is 1.74. The van der Waals surface area contributed by atoms with Crippen molar-refractivity contribution in [2.75, 3.05) is 13.2 Å². The molecule has 2 aromatic carbocycles. The number of ether oxygens (including phenoxy) is 3. The third-order valence-corrected chi connectivity index (χ3v) is 3.50. The molecule has 0 aliphatic carbocycles. The summed E-state index contributed by atoms with van der Waals surface area (Å²) >= 11 is 0. The lowest BCUT2D eigenvalue weighted by atomic mass is 10.1. The second-order valence-corrected chi connectivity index (χ2v) is 7.23. The fourth-order valence-corrected chi connectivity index (χ4v) is 2.22. The van der Waals surface area contributed by atoms with E-state index in [4.69, 9.17) is 14.2 Å². The lowest BCUT2D eigenvalue weighted by Gasteiger charge is -2.19. The van der Waals surface area contributed by atoms with Crippen molar-refractivity contribution in [1.29, 1.82) is 0 Å². The number of esters is 1. The van der Waals surface area contributed by atoms with Gasteiger partial charge in [0, 0.05) is 11.6 Å². The Labute approximate surface area is 175 Å². The molecule has 0 aliphatic rings. The zero-order chi connectivity index (χ0) is 22.0. The Morgan fingerprint density at radius 3 is 2.17 bits per heavy atom. The summed E-state index contributed by atoms with van der Waals surface area (Å²) in [4.78, 5) is 35.3. The molecule has 7 heteroatoms. The van der Waals surface area contributed by atoms with Gasteiger partial charge in [-0.25, -0.2) is 9.59 Å². The molecule has 1 N–H and O–H groups in total. The molecule has 0 radical (unpaired) electrons. The highest BCUT2D eigenvalue weighted by Gasteiger charge is 2.15. The van der Waals surface area contributed by atoms with Crippen molar-refractivity contribution in [1.82, 2.24) is 5.32 Å². The van der Waals surface area contributed by atoms with E-state index in [-0.39, 0.29) is 18.9 Å². The van der Waals surface area contributed by atoms with Crippen molar-refractivity contribution in [3.8, 4) is 11.5 Å². The summed E-state index contributed by atoms with van der Waals surface area (Å²) in [5.74, 6) is 0.266. The summed E-state index contributed by atoms with van der Waals surface area (Å²) < 4.78 is 15.6. The van der Waals surface area contributed by atoms with Gasteiger partial charge in [-0.2, -0.15) is 0 Å². The number of hydrogen-bond acceptors (Lipinski definition) is 6. The van der Waals surface area contributed by atoms with E-state index in [1.807, 2.05) is 30.3 Å². The zero-order valence-electron chi connectivity index (χ0n) is 17.2. The monoisotopic (exact) mass is 411 g/mol. The molecule has 158 valence electrons. The first-order chi connectivity index (χ1) is 14.2. The minimum Gasteiger partial charge on any atom is -0.461 e. The Kier molecular flexibility index (Phi) is 8.17. The van der Waals surface area contributed by atoms with Gasteiger partial charge in [0.15, 0.2) is 5.78 Å². The Morgan fingerprint density at radius 1 is 0.900 bits per heavy atom. The van der Waals surface area contributed by atoms with Gasteiger partial charge in [-0.1, -0.05) is 18.2 Å². The van der Waals surface area contributed by atoms with Crippen molar-refractivity contribution in [3.05, 3.63) is 72.3 Å². The van der Waals surface area contributed by atoms with Crippen LogP contribution in [0.2, 0.25) is 0 Å². The Morgan fingerprint density at radius 2 is 1.53 bits per heavy atom. The largest absolute Gasteiger partial charge is 0.461 e. The number of hydrogen-bond donors (Lipinski definition) is 1. The van der Waals surface area contributed by atoms with E-state index in [1.165, 1.54) is 0 Å². The fraction of sp³-hybridized carbons (Fsp3) is 0.261. The van der Waals surface area contributed by atoms with Crippen LogP contribution in [-0.2, 0) is 14.3 Å². The van der Waals surface area contributed by atoms with Gasteiger partial charge in [0.1, 0.15) is 23.7 Å². The van der Waals surface area contributed by atoms with E-state index in [2.05, 4.69) is 5.32 Å². The highest BCUT2D eigenvalue weighted by molar-refractivity contribution is 6.07. The maximum absolute atomic E-state index is 12.2. The second-order valence-electron chi connectivity index (χ2n) is 7.23. The van der Waals surface area contributed by atoms with Crippen LogP contribution in [0.5, 0.6) is 11.5 Å². The SMILES string of the molecule is CC(C)(C)OC(=O)NCCOC(=O)/C=C/C(=O)c1ccc(Oc2ccccc2)cc1. The molecule has 30 heavy (non-hydrogen) atoms. The first-order valence-corrected chi connectivity index (χ1v) is 9.42. The van der Waals surface area contributed by atoms with Gasteiger partial charge >= 0.3 is 12.1 Å². The number of benzene rings is 2. The molecule has 0 saturated carbocycles. The molecule has 0 spiro atoms. The van der Waals surface area contributed by atoms with Gasteiger partial charge in [-0.15, -0.1) is 0 Å². The molecular formula is C23H25NO6.